The first-order valence-electron chi connectivity index (χ1n) is 26.9. The predicted molar refractivity (Wildman–Crippen MR) is 311 cm³/mol. The van der Waals surface area contributed by atoms with E-state index in [1.807, 2.05) is 0 Å². The second kappa shape index (κ2) is 18.7. The first kappa shape index (κ1) is 59.0. The van der Waals surface area contributed by atoms with Crippen molar-refractivity contribution in [2.75, 3.05) is 0 Å². The second-order valence-corrected chi connectivity index (χ2v) is 31.0. The highest BCUT2D eigenvalue weighted by Gasteiger charge is 2.40. The standard InChI is InChI=1S/C68H98O5/c1-60(2,3)38-28-43(53(45-30-39(61(4,5)6)34-49(56(45)70)65(16,17)18)46-31-40(62(7,8)9)35-50(57(46)71)66(19,20)21)55(69)44(29-38)54(47-32-41(63(10,11)12)36-51(58(47)72)67(22,23)24)48-33-42(64(13,14)15)37-52(59(48)73)68(25,26)27/h28-37,53-54,69-73H,1-27H3. The van der Waals surface area contributed by atoms with Crippen LogP contribution in [0.5, 0.6) is 28.7 Å². The Hall–Kier alpha value is -4.90. The van der Waals surface area contributed by atoms with E-state index in [2.05, 4.69) is 248 Å². The van der Waals surface area contributed by atoms with Gasteiger partial charge in [-0.25, -0.2) is 0 Å². The summed E-state index contributed by atoms with van der Waals surface area (Å²) in [5, 5.41) is 66.4. The van der Waals surface area contributed by atoms with Crippen molar-refractivity contribution >= 4 is 0 Å². The van der Waals surface area contributed by atoms with Crippen molar-refractivity contribution in [3.63, 3.8) is 0 Å². The zero-order valence-corrected chi connectivity index (χ0v) is 50.7. The van der Waals surface area contributed by atoms with Crippen molar-refractivity contribution < 1.29 is 25.5 Å². The molecule has 73 heavy (non-hydrogen) atoms. The Kier molecular flexibility index (Phi) is 15.1. The van der Waals surface area contributed by atoms with E-state index in [-0.39, 0.29) is 50.4 Å². The van der Waals surface area contributed by atoms with Crippen LogP contribution in [0.15, 0.2) is 60.7 Å². The minimum Gasteiger partial charge on any atom is -0.507 e. The molecule has 5 heteroatoms. The summed E-state index contributed by atoms with van der Waals surface area (Å²) in [6.45, 7) is 57.9. The van der Waals surface area contributed by atoms with Gasteiger partial charge in [-0.2, -0.15) is 0 Å². The zero-order valence-electron chi connectivity index (χ0n) is 50.7. The minimum atomic E-state index is -0.909. The third-order valence-electron chi connectivity index (χ3n) is 15.2. The quantitative estimate of drug-likeness (QED) is 0.109. The largest absolute Gasteiger partial charge is 0.507 e. The smallest absolute Gasteiger partial charge is 0.123 e. The average molecular weight is 996 g/mol. The predicted octanol–water partition coefficient (Wildman–Crippen LogP) is 18.3. The van der Waals surface area contributed by atoms with Gasteiger partial charge in [0.1, 0.15) is 28.7 Å². The summed E-state index contributed by atoms with van der Waals surface area (Å²) in [7, 11) is 0. The van der Waals surface area contributed by atoms with Crippen LogP contribution in [0, 0.1) is 0 Å². The topological polar surface area (TPSA) is 101 Å². The first-order chi connectivity index (χ1) is 32.5. The van der Waals surface area contributed by atoms with Crippen molar-refractivity contribution in [1.29, 1.82) is 0 Å². The summed E-state index contributed by atoms with van der Waals surface area (Å²) in [5.74, 6) is -1.43. The molecule has 5 aromatic rings. The molecule has 0 aliphatic rings. The fourth-order valence-electron chi connectivity index (χ4n) is 10.1. The Bertz CT molecular complexity index is 2530. The summed E-state index contributed by atoms with van der Waals surface area (Å²) in [4.78, 5) is 0. The van der Waals surface area contributed by atoms with Gasteiger partial charge in [-0.1, -0.05) is 248 Å². The van der Waals surface area contributed by atoms with Gasteiger partial charge in [-0.05, 0) is 98.8 Å². The number of phenolic OH excluding ortho intramolecular Hbond substituents is 5. The molecule has 0 radical (unpaired) electrons. The van der Waals surface area contributed by atoms with Gasteiger partial charge in [-0.15, -0.1) is 0 Å². The van der Waals surface area contributed by atoms with E-state index in [0.29, 0.717) is 33.4 Å². The zero-order chi connectivity index (χ0) is 56.3. The first-order valence-corrected chi connectivity index (χ1v) is 26.9. The number of rotatable bonds is 6. The molecule has 0 aliphatic carbocycles. The molecule has 5 aromatic carbocycles. The molecular formula is C68H98O5. The molecule has 0 heterocycles. The Morgan fingerprint density at radius 1 is 0.205 bits per heavy atom. The van der Waals surface area contributed by atoms with E-state index in [1.165, 1.54) is 0 Å². The fourth-order valence-corrected chi connectivity index (χ4v) is 10.1. The average Bonchev–Trinajstić information content (AvgIpc) is 3.17. The van der Waals surface area contributed by atoms with Crippen LogP contribution in [-0.4, -0.2) is 25.5 Å². The van der Waals surface area contributed by atoms with Gasteiger partial charge >= 0.3 is 0 Å². The van der Waals surface area contributed by atoms with Crippen LogP contribution in [0.25, 0.3) is 0 Å². The van der Waals surface area contributed by atoms with Gasteiger partial charge in [-0.3, -0.25) is 0 Å². The molecule has 0 unspecified atom stereocenters. The third-order valence-corrected chi connectivity index (χ3v) is 15.2. The maximum absolute atomic E-state index is 14.0. The van der Waals surface area contributed by atoms with Crippen LogP contribution in [0.3, 0.4) is 0 Å². The van der Waals surface area contributed by atoms with Gasteiger partial charge in [0.15, 0.2) is 0 Å². The molecule has 0 bridgehead atoms. The molecule has 5 N–H and O–H groups in total. The highest BCUT2D eigenvalue weighted by atomic mass is 16.3. The molecule has 0 saturated carbocycles. The Balaban J connectivity index is 2.26. The second-order valence-electron chi connectivity index (χ2n) is 31.0. The molecule has 400 valence electrons. The van der Waals surface area contributed by atoms with Crippen LogP contribution in [0.4, 0.5) is 0 Å². The third kappa shape index (κ3) is 12.1. The Labute approximate surface area is 443 Å². The highest BCUT2D eigenvalue weighted by Crippen LogP contribution is 2.56. The SMILES string of the molecule is CC(C)(C)c1cc(C(c2cc(C(C)(C)C)cc(C(C)(C)C)c2O)c2cc(C(C)(C)C)cc(C(C)(C)C)c2O)c(O)c(C(c2cc(C(C)(C)C)cc(C(C)(C)C)c2O)c2cc(C(C)(C)C)cc(C(C)(C)C)c2O)c1. The van der Waals surface area contributed by atoms with Crippen LogP contribution in [-0.2, 0) is 48.7 Å². The molecule has 0 amide bonds. The monoisotopic (exact) mass is 995 g/mol. The molecule has 0 saturated heterocycles. The van der Waals surface area contributed by atoms with Crippen molar-refractivity contribution in [3.05, 3.63) is 144 Å². The molecule has 0 aromatic heterocycles. The molecule has 5 rings (SSSR count). The van der Waals surface area contributed by atoms with E-state index >= 15 is 0 Å². The van der Waals surface area contributed by atoms with Crippen molar-refractivity contribution in [2.24, 2.45) is 0 Å². The van der Waals surface area contributed by atoms with E-state index in [0.717, 1.165) is 50.1 Å². The van der Waals surface area contributed by atoms with Crippen LogP contribution >= 0.6 is 0 Å². The maximum Gasteiger partial charge on any atom is 0.123 e. The van der Waals surface area contributed by atoms with Crippen LogP contribution < -0.4 is 0 Å². The van der Waals surface area contributed by atoms with Gasteiger partial charge in [0.2, 0.25) is 0 Å². The lowest BCUT2D eigenvalue weighted by Crippen LogP contribution is -2.22. The lowest BCUT2D eigenvalue weighted by molar-refractivity contribution is 0.423. The van der Waals surface area contributed by atoms with Crippen molar-refractivity contribution in [2.45, 2.75) is 248 Å². The van der Waals surface area contributed by atoms with Crippen LogP contribution in [0.1, 0.15) is 282 Å². The highest BCUT2D eigenvalue weighted by molar-refractivity contribution is 5.68. The summed E-state index contributed by atoms with van der Waals surface area (Å²) >= 11 is 0. The number of hydrogen-bond donors (Lipinski definition) is 5. The minimum absolute atomic E-state index is 0.0468. The summed E-state index contributed by atoms with van der Waals surface area (Å²) < 4.78 is 0. The Morgan fingerprint density at radius 2 is 0.342 bits per heavy atom. The molecular weight excluding hydrogens is 897 g/mol. The van der Waals surface area contributed by atoms with E-state index in [4.69, 9.17) is 0 Å². The van der Waals surface area contributed by atoms with E-state index in [9.17, 15) is 25.5 Å². The van der Waals surface area contributed by atoms with Gasteiger partial charge in [0, 0.05) is 45.2 Å². The van der Waals surface area contributed by atoms with Crippen LogP contribution in [0.2, 0.25) is 0 Å². The fraction of sp³-hybridized carbons (Fsp3) is 0.559. The lowest BCUT2D eigenvalue weighted by Gasteiger charge is -2.35. The molecule has 0 fully saturated rings. The Morgan fingerprint density at radius 3 is 0.479 bits per heavy atom. The van der Waals surface area contributed by atoms with Crippen molar-refractivity contribution in [1.82, 2.24) is 0 Å². The molecule has 0 spiro atoms. The number of aromatic hydroxyl groups is 5. The van der Waals surface area contributed by atoms with Gasteiger partial charge in [0.25, 0.3) is 0 Å². The van der Waals surface area contributed by atoms with Gasteiger partial charge < -0.3 is 25.5 Å². The number of hydrogen-bond acceptors (Lipinski definition) is 5. The lowest BCUT2D eigenvalue weighted by atomic mass is 9.69. The molecule has 5 nitrogen and oxygen atoms in total. The van der Waals surface area contributed by atoms with E-state index in [1.54, 1.807) is 0 Å². The number of benzene rings is 5. The molecule has 0 atom stereocenters. The summed E-state index contributed by atoms with van der Waals surface area (Å²) in [6.07, 6.45) is 0. The maximum atomic E-state index is 14.0. The number of phenols is 5. The van der Waals surface area contributed by atoms with Gasteiger partial charge in [0.05, 0.1) is 0 Å². The van der Waals surface area contributed by atoms with Crippen molar-refractivity contribution in [3.8, 4) is 28.7 Å². The summed E-state index contributed by atoms with van der Waals surface area (Å²) in [6, 6.07) is 20.9. The molecule has 0 aliphatic heterocycles. The summed E-state index contributed by atoms with van der Waals surface area (Å²) in [5.41, 5.74) is 7.52. The normalized spacial score (nSPS) is 13.9. The van der Waals surface area contributed by atoms with E-state index < -0.39 is 38.9 Å².